The van der Waals surface area contributed by atoms with Crippen LogP contribution in [0.25, 0.3) is 0 Å². The van der Waals surface area contributed by atoms with Crippen LogP contribution >= 0.6 is 0 Å². The molecule has 2 rings (SSSR count). The molecule has 0 bridgehead atoms. The second kappa shape index (κ2) is 4.83. The SMILES string of the molecule is CC(=O)c1ccc(NC(=O)c2cncn2C)cc1. The lowest BCUT2D eigenvalue weighted by atomic mass is 10.1. The second-order valence-corrected chi connectivity index (χ2v) is 3.98. The molecule has 0 radical (unpaired) electrons. The van der Waals surface area contributed by atoms with Crippen molar-refractivity contribution in [2.45, 2.75) is 6.92 Å². The number of carbonyl (C=O) groups excluding carboxylic acids is 2. The van der Waals surface area contributed by atoms with E-state index in [9.17, 15) is 9.59 Å². The van der Waals surface area contributed by atoms with Gasteiger partial charge in [-0.2, -0.15) is 0 Å². The van der Waals surface area contributed by atoms with Gasteiger partial charge in [-0.1, -0.05) is 0 Å². The number of nitrogens with zero attached hydrogens (tertiary/aromatic N) is 2. The number of Topliss-reactive ketones (excluding diaryl/α,β-unsaturated/α-hetero) is 1. The normalized spacial score (nSPS) is 10.1. The Labute approximate surface area is 104 Å². The summed E-state index contributed by atoms with van der Waals surface area (Å²) in [6.07, 6.45) is 3.06. The van der Waals surface area contributed by atoms with Crippen LogP contribution in [0.1, 0.15) is 27.8 Å². The first kappa shape index (κ1) is 12.0. The van der Waals surface area contributed by atoms with Crippen LogP contribution in [0, 0.1) is 0 Å². The van der Waals surface area contributed by atoms with Crippen molar-refractivity contribution in [3.8, 4) is 0 Å². The number of imidazole rings is 1. The van der Waals surface area contributed by atoms with Crippen molar-refractivity contribution in [1.82, 2.24) is 9.55 Å². The predicted octanol–water partition coefficient (Wildman–Crippen LogP) is 1.88. The number of rotatable bonds is 3. The van der Waals surface area contributed by atoms with Gasteiger partial charge in [0.05, 0.1) is 12.5 Å². The maximum atomic E-state index is 11.9. The smallest absolute Gasteiger partial charge is 0.273 e. The summed E-state index contributed by atoms with van der Waals surface area (Å²) < 4.78 is 1.64. The van der Waals surface area contributed by atoms with Crippen LogP contribution in [-0.2, 0) is 7.05 Å². The molecule has 0 aliphatic rings. The predicted molar refractivity (Wildman–Crippen MR) is 67.6 cm³/mol. The molecule has 0 fully saturated rings. The highest BCUT2D eigenvalue weighted by Gasteiger charge is 2.09. The maximum Gasteiger partial charge on any atom is 0.273 e. The van der Waals surface area contributed by atoms with Gasteiger partial charge in [-0.15, -0.1) is 0 Å². The van der Waals surface area contributed by atoms with Gasteiger partial charge in [-0.3, -0.25) is 9.59 Å². The summed E-state index contributed by atoms with van der Waals surface area (Å²) in [6.45, 7) is 1.50. The second-order valence-electron chi connectivity index (χ2n) is 3.98. The van der Waals surface area contributed by atoms with Crippen LogP contribution in [-0.4, -0.2) is 21.2 Å². The van der Waals surface area contributed by atoms with E-state index >= 15 is 0 Å². The third-order valence-corrected chi connectivity index (χ3v) is 2.60. The molecule has 0 aliphatic heterocycles. The zero-order valence-corrected chi connectivity index (χ0v) is 10.2. The van der Waals surface area contributed by atoms with Crippen molar-refractivity contribution in [2.24, 2.45) is 7.05 Å². The van der Waals surface area contributed by atoms with Gasteiger partial charge in [0.25, 0.3) is 5.91 Å². The third kappa shape index (κ3) is 2.45. The molecule has 0 saturated carbocycles. The first-order valence-electron chi connectivity index (χ1n) is 5.46. The van der Waals surface area contributed by atoms with Gasteiger partial charge < -0.3 is 9.88 Å². The number of ketones is 1. The minimum Gasteiger partial charge on any atom is -0.330 e. The number of carbonyl (C=O) groups is 2. The number of hydrogen-bond donors (Lipinski definition) is 1. The summed E-state index contributed by atoms with van der Waals surface area (Å²) in [5.74, 6) is -0.231. The lowest BCUT2D eigenvalue weighted by molar-refractivity contribution is 0.101. The molecule has 0 unspecified atom stereocenters. The molecule has 92 valence electrons. The molecule has 1 amide bonds. The molecule has 1 aromatic heterocycles. The summed E-state index contributed by atoms with van der Waals surface area (Å²) >= 11 is 0. The average Bonchev–Trinajstić information content (AvgIpc) is 2.76. The molecule has 0 aliphatic carbocycles. The van der Waals surface area contributed by atoms with Crippen molar-refractivity contribution in [2.75, 3.05) is 5.32 Å². The lowest BCUT2D eigenvalue weighted by Crippen LogP contribution is -2.15. The number of nitrogens with one attached hydrogen (secondary N) is 1. The highest BCUT2D eigenvalue weighted by Crippen LogP contribution is 2.11. The van der Waals surface area contributed by atoms with E-state index in [1.165, 1.54) is 13.1 Å². The van der Waals surface area contributed by atoms with Crippen molar-refractivity contribution >= 4 is 17.4 Å². The van der Waals surface area contributed by atoms with Gasteiger partial charge in [0.2, 0.25) is 0 Å². The molecule has 0 spiro atoms. The van der Waals surface area contributed by atoms with Crippen LogP contribution < -0.4 is 5.32 Å². The number of benzene rings is 1. The quantitative estimate of drug-likeness (QED) is 0.837. The Morgan fingerprint density at radius 3 is 2.39 bits per heavy atom. The standard InChI is InChI=1S/C13H13N3O2/c1-9(17)10-3-5-11(6-4-10)15-13(18)12-7-14-8-16(12)2/h3-8H,1-2H3,(H,15,18). The van der Waals surface area contributed by atoms with Gasteiger partial charge in [0, 0.05) is 18.3 Å². The number of anilines is 1. The molecule has 0 atom stereocenters. The van der Waals surface area contributed by atoms with Gasteiger partial charge in [0.15, 0.2) is 5.78 Å². The van der Waals surface area contributed by atoms with Crippen LogP contribution in [0.5, 0.6) is 0 Å². The van der Waals surface area contributed by atoms with Crippen molar-refractivity contribution in [1.29, 1.82) is 0 Å². The molecule has 2 aromatic rings. The lowest BCUT2D eigenvalue weighted by Gasteiger charge is -2.05. The van der Waals surface area contributed by atoms with Crippen LogP contribution in [0.2, 0.25) is 0 Å². The third-order valence-electron chi connectivity index (χ3n) is 2.60. The minimum absolute atomic E-state index is 0.000453. The summed E-state index contributed by atoms with van der Waals surface area (Å²) in [5.41, 5.74) is 1.74. The monoisotopic (exact) mass is 243 g/mol. The summed E-state index contributed by atoms with van der Waals surface area (Å²) in [4.78, 5) is 26.9. The van der Waals surface area contributed by atoms with E-state index in [0.29, 0.717) is 16.9 Å². The molecule has 5 nitrogen and oxygen atoms in total. The average molecular weight is 243 g/mol. The molecule has 5 heteroatoms. The number of hydrogen-bond acceptors (Lipinski definition) is 3. The Kier molecular flexibility index (Phi) is 3.23. The maximum absolute atomic E-state index is 11.9. The number of aryl methyl sites for hydroxylation is 1. The Morgan fingerprint density at radius 2 is 1.89 bits per heavy atom. The minimum atomic E-state index is -0.231. The molecule has 18 heavy (non-hydrogen) atoms. The fourth-order valence-corrected chi connectivity index (χ4v) is 1.56. The largest absolute Gasteiger partial charge is 0.330 e. The first-order valence-corrected chi connectivity index (χ1v) is 5.46. The van der Waals surface area contributed by atoms with E-state index in [1.54, 1.807) is 42.2 Å². The van der Waals surface area contributed by atoms with Crippen LogP contribution in [0.3, 0.4) is 0 Å². The highest BCUT2D eigenvalue weighted by molar-refractivity contribution is 6.03. The van der Waals surface area contributed by atoms with Crippen molar-refractivity contribution < 1.29 is 9.59 Å². The van der Waals surface area contributed by atoms with Gasteiger partial charge in [-0.05, 0) is 31.2 Å². The Bertz CT molecular complexity index is 585. The number of amides is 1. The van der Waals surface area contributed by atoms with Gasteiger partial charge in [-0.25, -0.2) is 4.98 Å². The Balaban J connectivity index is 2.13. The Morgan fingerprint density at radius 1 is 1.22 bits per heavy atom. The fraction of sp³-hybridized carbons (Fsp3) is 0.154. The highest BCUT2D eigenvalue weighted by atomic mass is 16.2. The zero-order valence-electron chi connectivity index (χ0n) is 10.2. The summed E-state index contributed by atoms with van der Waals surface area (Å²) in [6, 6.07) is 6.76. The molecule has 1 N–H and O–H groups in total. The van der Waals surface area contributed by atoms with E-state index in [1.807, 2.05) is 0 Å². The molecular formula is C13H13N3O2. The number of aromatic nitrogens is 2. The summed E-state index contributed by atoms with van der Waals surface area (Å²) in [7, 11) is 1.75. The van der Waals surface area contributed by atoms with E-state index in [-0.39, 0.29) is 11.7 Å². The van der Waals surface area contributed by atoms with Gasteiger partial charge in [0.1, 0.15) is 5.69 Å². The van der Waals surface area contributed by atoms with E-state index in [0.717, 1.165) is 0 Å². The topological polar surface area (TPSA) is 64.0 Å². The van der Waals surface area contributed by atoms with Crippen LogP contribution in [0.15, 0.2) is 36.8 Å². The van der Waals surface area contributed by atoms with E-state index < -0.39 is 0 Å². The first-order chi connectivity index (χ1) is 8.58. The summed E-state index contributed by atoms with van der Waals surface area (Å²) in [5, 5.41) is 2.74. The van der Waals surface area contributed by atoms with Crippen molar-refractivity contribution in [3.05, 3.63) is 48.0 Å². The van der Waals surface area contributed by atoms with Gasteiger partial charge >= 0.3 is 0 Å². The molecule has 1 heterocycles. The van der Waals surface area contributed by atoms with Crippen molar-refractivity contribution in [3.63, 3.8) is 0 Å². The van der Waals surface area contributed by atoms with E-state index in [2.05, 4.69) is 10.3 Å². The van der Waals surface area contributed by atoms with E-state index in [4.69, 9.17) is 0 Å². The molecule has 0 saturated heterocycles. The van der Waals surface area contributed by atoms with Crippen LogP contribution in [0.4, 0.5) is 5.69 Å². The fourth-order valence-electron chi connectivity index (χ4n) is 1.56. The molecular weight excluding hydrogens is 230 g/mol. The molecule has 1 aromatic carbocycles. The zero-order chi connectivity index (χ0) is 13.1. The Hall–Kier alpha value is -2.43.